The van der Waals surface area contributed by atoms with Crippen molar-refractivity contribution in [1.82, 2.24) is 25.8 Å². The fourth-order valence-electron chi connectivity index (χ4n) is 10.9. The molecule has 31 heteroatoms. The number of hydrogen-bond donors (Lipinski definition) is 7. The van der Waals surface area contributed by atoms with Gasteiger partial charge in [0.05, 0.1) is 38.6 Å². The van der Waals surface area contributed by atoms with E-state index in [0.29, 0.717) is 72.0 Å². The van der Waals surface area contributed by atoms with Gasteiger partial charge in [-0.25, -0.2) is 13.6 Å². The van der Waals surface area contributed by atoms with Gasteiger partial charge in [0.2, 0.25) is 15.9 Å². The smallest absolute Gasteiger partial charge is 0.295 e. The number of carbonyl (C=O) groups is 3. The van der Waals surface area contributed by atoms with E-state index < -0.39 is 87.1 Å². The molecule has 8 rings (SSSR count). The first-order chi connectivity index (χ1) is 40.5. The lowest BCUT2D eigenvalue weighted by Gasteiger charge is -2.27. The van der Waals surface area contributed by atoms with E-state index in [2.05, 4.69) is 25.4 Å². The normalized spacial score (nSPS) is 15.9. The molecule has 2 aliphatic rings. The summed E-state index contributed by atoms with van der Waals surface area (Å²) in [7, 11) is -23.4. The van der Waals surface area contributed by atoms with Crippen molar-refractivity contribution in [3.8, 4) is 0 Å². The van der Waals surface area contributed by atoms with Gasteiger partial charge in [0, 0.05) is 90.6 Å². The Balaban J connectivity index is 1.09. The molecular weight excluding hydrogens is 1250 g/mol. The number of ketones is 1. The number of pyridine rings is 1. The molecule has 2 aliphatic heterocycles. The van der Waals surface area contributed by atoms with Crippen LogP contribution in [0.4, 0.5) is 11.4 Å². The van der Waals surface area contributed by atoms with Crippen LogP contribution >= 0.6 is 11.3 Å². The van der Waals surface area contributed by atoms with Crippen molar-refractivity contribution in [3.63, 3.8) is 0 Å². The van der Waals surface area contributed by atoms with Gasteiger partial charge >= 0.3 is 0 Å². The average molecular weight is 1310 g/mol. The van der Waals surface area contributed by atoms with Gasteiger partial charge in [-0.15, -0.1) is 10.2 Å². The summed E-state index contributed by atoms with van der Waals surface area (Å²) in [6, 6.07) is 15.8. The number of fused-ring (bicyclic) bond motifs is 6. The van der Waals surface area contributed by atoms with Crippen molar-refractivity contribution < 1.29 is 79.3 Å². The molecule has 2 aromatic heterocycles. The van der Waals surface area contributed by atoms with Gasteiger partial charge in [0.25, 0.3) is 56.4 Å². The molecule has 0 saturated carbocycles. The zero-order valence-electron chi connectivity index (χ0n) is 47.6. The highest BCUT2D eigenvalue weighted by Gasteiger charge is 2.46. The van der Waals surface area contributed by atoms with Crippen molar-refractivity contribution >= 4 is 124 Å². The minimum atomic E-state index is -5.11. The number of allylic oxidation sites excluding steroid dienone is 6. The van der Waals surface area contributed by atoms with Crippen LogP contribution < -0.4 is 20.7 Å². The van der Waals surface area contributed by atoms with E-state index in [9.17, 15) is 74.7 Å². The van der Waals surface area contributed by atoms with E-state index >= 15 is 0 Å². The van der Waals surface area contributed by atoms with Gasteiger partial charge in [0.15, 0.2) is 5.71 Å². The van der Waals surface area contributed by atoms with Crippen molar-refractivity contribution in [1.29, 1.82) is 0 Å². The molecule has 0 fully saturated rings. The SMILES string of the molecule is CCC[N+]1=C(/C=C/C(=C/C=C2/N(CCS(=O)(=O)O)c3ccc4c(S(=O)(=O)O)cc(S(=O)(=O)O)cc4c3C2(C)C)c2ccc(C(=O)NCCCCCC(=O)NCCC(=O)Cc3nnc(S(N)(=O)=O)s3)cn2)C(C)(C)c2c1ccc1ccc(S(=O)(=O)O)cc21. The molecule has 0 unspecified atom stereocenters. The number of aromatic nitrogens is 3. The minimum Gasteiger partial charge on any atom is -0.356 e. The van der Waals surface area contributed by atoms with Crippen molar-refractivity contribution in [2.75, 3.05) is 36.8 Å². The maximum Gasteiger partial charge on any atom is 0.295 e. The number of benzene rings is 4. The van der Waals surface area contributed by atoms with Crippen molar-refractivity contribution in [3.05, 3.63) is 130 Å². The van der Waals surface area contributed by atoms with Crippen molar-refractivity contribution in [2.45, 2.75) is 109 Å². The Hall–Kier alpha value is -7.04. The number of primary sulfonamides is 1. The Kier molecular flexibility index (Phi) is 19.1. The number of amides is 2. The van der Waals surface area contributed by atoms with Crippen LogP contribution in [0, 0.1) is 0 Å². The first kappa shape index (κ1) is 65.9. The lowest BCUT2D eigenvalue weighted by Crippen LogP contribution is -2.30. The maximum absolute atomic E-state index is 13.5. The molecule has 0 spiro atoms. The van der Waals surface area contributed by atoms with E-state index in [1.807, 2.05) is 39.0 Å². The molecule has 6 aromatic rings. The number of anilines is 1. The number of unbranched alkanes of at least 4 members (excludes halogenated alkanes) is 2. The van der Waals surface area contributed by atoms with Crippen LogP contribution in [-0.4, -0.2) is 135 Å². The highest BCUT2D eigenvalue weighted by atomic mass is 32.3. The third-order valence-corrected chi connectivity index (χ3v) is 20.4. The van der Waals surface area contributed by atoms with Gasteiger partial charge in [-0.1, -0.05) is 56.7 Å². The van der Waals surface area contributed by atoms with Gasteiger partial charge < -0.3 is 15.5 Å². The highest BCUT2D eigenvalue weighted by molar-refractivity contribution is 7.91. The lowest BCUT2D eigenvalue weighted by molar-refractivity contribution is -0.437. The van der Waals surface area contributed by atoms with E-state index in [1.165, 1.54) is 30.5 Å². The third-order valence-electron chi connectivity index (χ3n) is 14.9. The van der Waals surface area contributed by atoms with E-state index in [4.69, 9.17) is 10.1 Å². The first-order valence-corrected chi connectivity index (χ1v) is 35.3. The summed E-state index contributed by atoms with van der Waals surface area (Å²) in [6.07, 6.45) is 10.6. The molecule has 25 nitrogen and oxygen atoms in total. The van der Waals surface area contributed by atoms with E-state index in [1.54, 1.807) is 55.2 Å². The summed E-state index contributed by atoms with van der Waals surface area (Å²) in [4.78, 5) is 42.6. The van der Waals surface area contributed by atoms with Gasteiger partial charge in [-0.2, -0.15) is 38.2 Å². The maximum atomic E-state index is 13.5. The van der Waals surface area contributed by atoms with Crippen LogP contribution in [0.3, 0.4) is 0 Å². The summed E-state index contributed by atoms with van der Waals surface area (Å²) >= 11 is 0.694. The molecule has 87 heavy (non-hydrogen) atoms. The van der Waals surface area contributed by atoms with E-state index in [-0.39, 0.29) is 88.1 Å². The quantitative estimate of drug-likeness (QED) is 0.0144. The second-order valence-electron chi connectivity index (χ2n) is 21.8. The van der Waals surface area contributed by atoms with Gasteiger partial charge in [0.1, 0.15) is 22.2 Å². The highest BCUT2D eigenvalue weighted by Crippen LogP contribution is 2.52. The first-order valence-electron chi connectivity index (χ1n) is 27.0. The minimum absolute atomic E-state index is 0.00963. The second kappa shape index (κ2) is 25.2. The van der Waals surface area contributed by atoms with Gasteiger partial charge in [-0.3, -0.25) is 37.6 Å². The zero-order chi connectivity index (χ0) is 63.8. The van der Waals surface area contributed by atoms with E-state index in [0.717, 1.165) is 28.4 Å². The zero-order valence-corrected chi connectivity index (χ0v) is 52.5. The van der Waals surface area contributed by atoms with Crippen LogP contribution in [0.15, 0.2) is 122 Å². The van der Waals surface area contributed by atoms with Crippen LogP contribution in [0.25, 0.3) is 27.1 Å². The number of nitrogens with zero attached hydrogens (tertiary/aromatic N) is 5. The van der Waals surface area contributed by atoms with Crippen molar-refractivity contribution in [2.24, 2.45) is 5.14 Å². The number of nitrogens with two attached hydrogens (primary N) is 1. The molecule has 0 radical (unpaired) electrons. The Labute approximate surface area is 507 Å². The third kappa shape index (κ3) is 14.9. The van der Waals surface area contributed by atoms with Crippen LogP contribution in [-0.2, 0) is 77.3 Å². The molecule has 0 atom stereocenters. The van der Waals surface area contributed by atoms with Crippen LogP contribution in [0.1, 0.15) is 105 Å². The van der Waals surface area contributed by atoms with Gasteiger partial charge in [-0.05, 0) is 109 Å². The average Bonchev–Trinajstić information content (AvgIpc) is 1.62. The predicted molar refractivity (Wildman–Crippen MR) is 325 cm³/mol. The molecule has 8 N–H and O–H groups in total. The summed E-state index contributed by atoms with van der Waals surface area (Å²) in [5.74, 6) is -1.81. The summed E-state index contributed by atoms with van der Waals surface area (Å²) in [5, 5.41) is 19.1. The molecule has 0 aliphatic carbocycles. The molecule has 4 heterocycles. The monoisotopic (exact) mass is 1310 g/mol. The number of sulfonamides is 1. The van der Waals surface area contributed by atoms with Crippen LogP contribution in [0.5, 0.6) is 0 Å². The summed E-state index contributed by atoms with van der Waals surface area (Å²) < 4.78 is 165. The molecule has 4 aromatic carbocycles. The number of carbonyl (C=O) groups excluding carboxylic acids is 3. The Morgan fingerprint density at radius 2 is 1.44 bits per heavy atom. The Bertz CT molecular complexity index is 4520. The Morgan fingerprint density at radius 3 is 2.07 bits per heavy atom. The lowest BCUT2D eigenvalue weighted by atomic mass is 9.79. The largest absolute Gasteiger partial charge is 0.356 e. The summed E-state index contributed by atoms with van der Waals surface area (Å²) in [5.41, 5.74) is 2.14. The molecular formula is C56H63N8O17S6+. The van der Waals surface area contributed by atoms with Crippen LogP contribution in [0.2, 0.25) is 0 Å². The standard InChI is InChI=1S/C56H62N8O17S6/c1-6-26-63-44-19-13-34-11-16-38(85(73,74)75)30-41(34)51(44)55(2,3)47(63)21-14-35(43-18-12-36(33-60-43)53(67)59-24-9-7-8-10-49(66)58-25-23-37(65)29-50-61-62-54(82-50)84(57,71)72)15-22-48-56(4,5)52-42-31-39(86(76,77)78)32-46(87(79,80)81)40(42)17-20-45(52)64(48)27-28-83(68,69)70/h11-22,30-33H,6-10,23-29H2,1-5H3,(H7-,57,58,59,66,67,68,69,70,71,72,73,74,75,76,77,78,79,80,81)/p+1. The molecule has 2 amide bonds. The number of hydrogen-bond acceptors (Lipinski definition) is 18. The Morgan fingerprint density at radius 1 is 0.736 bits per heavy atom. The second-order valence-corrected chi connectivity index (χ2v) is 30.4. The predicted octanol–water partition coefficient (Wildman–Crippen LogP) is 6.23. The number of nitrogens with one attached hydrogen (secondary N) is 2. The molecule has 0 bridgehead atoms. The summed E-state index contributed by atoms with van der Waals surface area (Å²) in [6.45, 7) is 9.83. The molecule has 464 valence electrons. The fraction of sp³-hybridized carbons (Fsp3) is 0.339. The molecule has 0 saturated heterocycles. The topological polar surface area (TPSA) is 398 Å². The number of Topliss-reactive ketones (excluding diaryl/α,β-unsaturated/α-hetero) is 1. The fourth-order valence-corrected chi connectivity index (χ4v) is 14.7. The number of rotatable bonds is 25.